The van der Waals surface area contributed by atoms with Gasteiger partial charge in [-0.15, -0.1) is 0 Å². The van der Waals surface area contributed by atoms with Crippen LogP contribution in [0.25, 0.3) is 0 Å². The Labute approximate surface area is 499 Å². The molecular formula is C62H88N2O21. The minimum atomic E-state index is -1.24. The molecule has 5 atom stereocenters. The third-order valence-electron chi connectivity index (χ3n) is 10.0. The van der Waals surface area contributed by atoms with Gasteiger partial charge >= 0.3 is 54.1 Å². The lowest BCUT2D eigenvalue weighted by atomic mass is 10.1. The Bertz CT molecular complexity index is 2410. The van der Waals surface area contributed by atoms with E-state index in [1.807, 2.05) is 121 Å². The molecule has 23 nitrogen and oxygen atoms in total. The molecule has 85 heavy (non-hydrogen) atoms. The van der Waals surface area contributed by atoms with E-state index in [1.54, 1.807) is 55.4 Å². The summed E-state index contributed by atoms with van der Waals surface area (Å²) in [5, 5.41) is 18.9. The van der Waals surface area contributed by atoms with E-state index in [1.165, 1.54) is 13.8 Å². The van der Waals surface area contributed by atoms with Gasteiger partial charge in [-0.1, -0.05) is 150 Å². The molecule has 5 unspecified atom stereocenters. The average Bonchev–Trinajstić information content (AvgIpc) is 3.47. The summed E-state index contributed by atoms with van der Waals surface area (Å²) in [4.78, 5) is 110. The van der Waals surface area contributed by atoms with Gasteiger partial charge in [-0.25, -0.2) is 14.4 Å². The molecule has 4 rings (SSSR count). The summed E-state index contributed by atoms with van der Waals surface area (Å²) in [6, 6.07) is 36.3. The largest absolute Gasteiger partial charge is 0.508 e. The van der Waals surface area contributed by atoms with E-state index in [-0.39, 0.29) is 90.1 Å². The van der Waals surface area contributed by atoms with Crippen molar-refractivity contribution in [3.05, 3.63) is 144 Å². The van der Waals surface area contributed by atoms with Crippen molar-refractivity contribution >= 4 is 60.0 Å². The number of carboxylic acid groups (broad SMARTS) is 2. The monoisotopic (exact) mass is 1200 g/mol. The van der Waals surface area contributed by atoms with Crippen LogP contribution in [-0.4, -0.2) is 115 Å². The number of carbonyl (C=O) groups excluding carboxylic acids is 8. The van der Waals surface area contributed by atoms with Crippen molar-refractivity contribution in [2.24, 2.45) is 23.5 Å². The van der Waals surface area contributed by atoms with E-state index >= 15 is 0 Å². The van der Waals surface area contributed by atoms with Gasteiger partial charge in [0.2, 0.25) is 5.91 Å². The first-order chi connectivity index (χ1) is 39.9. The number of nitrogens with two attached hydrogens (primary N) is 1. The smallest absolute Gasteiger partial charge is 0.481 e. The number of ether oxygens (including phenoxy) is 9. The van der Waals surface area contributed by atoms with Crippen LogP contribution in [0.5, 0.6) is 0 Å². The van der Waals surface area contributed by atoms with Crippen LogP contribution in [0.15, 0.2) is 121 Å². The molecule has 0 aliphatic heterocycles. The van der Waals surface area contributed by atoms with Gasteiger partial charge in [0.25, 0.3) is 0 Å². The highest BCUT2D eigenvalue weighted by Gasteiger charge is 2.22. The van der Waals surface area contributed by atoms with Crippen LogP contribution in [0.4, 0.5) is 9.59 Å². The van der Waals surface area contributed by atoms with Crippen molar-refractivity contribution in [1.82, 2.24) is 5.32 Å². The summed E-state index contributed by atoms with van der Waals surface area (Å²) < 4.78 is 42.9. The minimum absolute atomic E-state index is 0. The number of carbonyl (C=O) groups is 10. The lowest BCUT2D eigenvalue weighted by molar-refractivity contribution is -0.154. The molecular weight excluding hydrogens is 1110 g/mol. The summed E-state index contributed by atoms with van der Waals surface area (Å²) in [6.07, 6.45) is -2.02. The van der Waals surface area contributed by atoms with Crippen LogP contribution in [0, 0.1) is 17.8 Å². The van der Waals surface area contributed by atoms with Gasteiger partial charge in [-0.3, -0.25) is 33.6 Å². The van der Waals surface area contributed by atoms with Crippen molar-refractivity contribution in [3.8, 4) is 0 Å². The van der Waals surface area contributed by atoms with E-state index in [4.69, 9.17) is 44.4 Å². The standard InChI is InChI=1S/C15H14O3.C14H18O4.C12H21NO5.C8H8O3.C7H12O4.C5H11NO2.CH4/c16-15(17-11-13-7-3-1-4-8-13)18-12-14-9-5-2-6-10-14;1-3-17-14(16)11(2)9-13(15)18-10-12-7-5-4-6-8-12;1-5-17-11(15)8(3)7-10(14)13-9(4)12(16)18-6-2;9-8(10)11-6-7-4-2-1-3-5-7;1-3-11-7(10)5(2)4-6(8)9;1-3-8-5(7)4(2)6;/h1-10H,11-12H2;4-8,11H,3,9-10H2,1-2H3;8-9H,5-7H2,1-4H3,(H,13,14);1-5H,6H2,(H,9,10);5H,3-4H2,1-2H3,(H,8,9);4H,3,6H2,1-2H3;1H4. The lowest BCUT2D eigenvalue weighted by Crippen LogP contribution is -2.40. The number of aliphatic carboxylic acids is 1. The van der Waals surface area contributed by atoms with Crippen LogP contribution in [0.1, 0.15) is 118 Å². The van der Waals surface area contributed by atoms with Crippen molar-refractivity contribution in [2.75, 3.05) is 33.0 Å². The number of esters is 6. The first-order valence-electron chi connectivity index (χ1n) is 27.0. The van der Waals surface area contributed by atoms with Gasteiger partial charge in [0, 0.05) is 6.42 Å². The Balaban J connectivity index is -0.000000968. The highest BCUT2D eigenvalue weighted by molar-refractivity contribution is 5.87. The molecule has 4 aromatic rings. The normalized spacial score (nSPS) is 11.3. The second-order valence-corrected chi connectivity index (χ2v) is 17.5. The van der Waals surface area contributed by atoms with Gasteiger partial charge in [-0.2, -0.15) is 0 Å². The molecule has 5 N–H and O–H groups in total. The molecule has 0 bridgehead atoms. The van der Waals surface area contributed by atoms with Crippen molar-refractivity contribution in [1.29, 1.82) is 0 Å². The number of benzene rings is 4. The summed E-state index contributed by atoms with van der Waals surface area (Å²) >= 11 is 0. The fourth-order valence-corrected chi connectivity index (χ4v) is 5.78. The van der Waals surface area contributed by atoms with Crippen LogP contribution in [0.3, 0.4) is 0 Å². The highest BCUT2D eigenvalue weighted by atomic mass is 16.7. The predicted molar refractivity (Wildman–Crippen MR) is 313 cm³/mol. The molecule has 472 valence electrons. The second kappa shape index (κ2) is 50.8. The van der Waals surface area contributed by atoms with E-state index in [0.717, 1.165) is 22.3 Å². The number of rotatable bonds is 25. The van der Waals surface area contributed by atoms with Crippen LogP contribution in [0.2, 0.25) is 0 Å². The van der Waals surface area contributed by atoms with E-state index in [9.17, 15) is 47.9 Å². The van der Waals surface area contributed by atoms with Crippen molar-refractivity contribution in [3.63, 3.8) is 0 Å². The average molecular weight is 1200 g/mol. The fourth-order valence-electron chi connectivity index (χ4n) is 5.78. The topological polar surface area (TPSA) is 332 Å². The number of amides is 1. The maximum atomic E-state index is 11.6. The fraction of sp³-hybridized carbons (Fsp3) is 0.452. The Morgan fingerprint density at radius 3 is 1.00 bits per heavy atom. The first-order valence-corrected chi connectivity index (χ1v) is 27.0. The van der Waals surface area contributed by atoms with Crippen LogP contribution >= 0.6 is 0 Å². The van der Waals surface area contributed by atoms with E-state index in [2.05, 4.69) is 19.5 Å². The highest BCUT2D eigenvalue weighted by Crippen LogP contribution is 2.10. The summed E-state index contributed by atoms with van der Waals surface area (Å²) in [7, 11) is 0. The maximum Gasteiger partial charge on any atom is 0.508 e. The predicted octanol–water partition coefficient (Wildman–Crippen LogP) is 9.58. The van der Waals surface area contributed by atoms with Crippen LogP contribution < -0.4 is 11.1 Å². The first kappa shape index (κ1) is 80.4. The number of hydrogen-bond donors (Lipinski definition) is 4. The molecule has 0 fully saturated rings. The third kappa shape index (κ3) is 45.4. The zero-order valence-corrected chi connectivity index (χ0v) is 49.6. The molecule has 4 aromatic carbocycles. The zero-order chi connectivity index (χ0) is 63.7. The number of hydrogen-bond acceptors (Lipinski definition) is 20. The number of nitrogens with one attached hydrogen (secondary N) is 1. The van der Waals surface area contributed by atoms with Gasteiger partial charge in [0.1, 0.15) is 38.5 Å². The SMILES string of the molecule is C.CCOC(=O)C(C)CC(=O)NC(C)C(=O)OCC.CCOC(=O)C(C)CC(=O)O.CCOC(=O)C(C)CC(=O)OCc1ccccc1.CCOC(=O)C(C)N.O=C(O)OCc1ccccc1.O=C(OCc1ccccc1)OCc1ccccc1. The minimum Gasteiger partial charge on any atom is -0.481 e. The van der Waals surface area contributed by atoms with Gasteiger partial charge in [-0.05, 0) is 70.7 Å². The summed E-state index contributed by atoms with van der Waals surface area (Å²) in [5.41, 5.74) is 8.81. The Kier molecular flexibility index (Phi) is 48.1. The zero-order valence-electron chi connectivity index (χ0n) is 49.6. The Morgan fingerprint density at radius 2 is 0.694 bits per heavy atom. The second-order valence-electron chi connectivity index (χ2n) is 17.5. The molecule has 1 amide bonds. The van der Waals surface area contributed by atoms with Gasteiger partial charge < -0.3 is 63.9 Å². The Morgan fingerprint density at radius 1 is 0.400 bits per heavy atom. The quantitative estimate of drug-likeness (QED) is 0.0354. The summed E-state index contributed by atoms with van der Waals surface area (Å²) in [5.74, 6) is -5.36. The Hall–Kier alpha value is -8.86. The van der Waals surface area contributed by atoms with Gasteiger partial charge in [0.15, 0.2) is 0 Å². The molecule has 0 aliphatic carbocycles. The molecule has 0 saturated carbocycles. The number of carboxylic acids is 1. The van der Waals surface area contributed by atoms with Crippen molar-refractivity contribution in [2.45, 2.75) is 134 Å². The molecule has 0 aromatic heterocycles. The summed E-state index contributed by atoms with van der Waals surface area (Å²) in [6.45, 7) is 18.9. The van der Waals surface area contributed by atoms with Crippen LogP contribution in [-0.2, 0) is 107 Å². The molecule has 23 heteroatoms. The molecule has 0 saturated heterocycles. The maximum absolute atomic E-state index is 11.6. The lowest BCUT2D eigenvalue weighted by Gasteiger charge is -2.14. The van der Waals surface area contributed by atoms with E-state index < -0.39 is 66.0 Å². The molecule has 0 spiro atoms. The van der Waals surface area contributed by atoms with Gasteiger partial charge in [0.05, 0.1) is 63.6 Å². The van der Waals surface area contributed by atoms with Crippen molar-refractivity contribution < 1.29 is 101 Å². The molecule has 0 radical (unpaired) electrons. The molecule has 0 heterocycles. The third-order valence-corrected chi connectivity index (χ3v) is 10.0. The molecule has 0 aliphatic rings. The van der Waals surface area contributed by atoms with E-state index in [0.29, 0.717) is 19.8 Å².